The SMILES string of the molecule is CC(=O)N1CCc2ccccc2C1CC(=O)N1CCCC1. The van der Waals surface area contributed by atoms with E-state index in [4.69, 9.17) is 0 Å². The van der Waals surface area contributed by atoms with Crippen LogP contribution >= 0.6 is 0 Å². The van der Waals surface area contributed by atoms with E-state index in [9.17, 15) is 9.59 Å². The van der Waals surface area contributed by atoms with Crippen LogP contribution < -0.4 is 0 Å². The second kappa shape index (κ2) is 5.88. The number of fused-ring (bicyclic) bond motifs is 1. The van der Waals surface area contributed by atoms with E-state index in [1.165, 1.54) is 5.56 Å². The largest absolute Gasteiger partial charge is 0.343 e. The highest BCUT2D eigenvalue weighted by Gasteiger charge is 2.32. The Morgan fingerprint density at radius 3 is 2.57 bits per heavy atom. The third-order valence-corrected chi connectivity index (χ3v) is 4.64. The van der Waals surface area contributed by atoms with Crippen LogP contribution in [-0.2, 0) is 16.0 Å². The van der Waals surface area contributed by atoms with Gasteiger partial charge in [0.2, 0.25) is 11.8 Å². The van der Waals surface area contributed by atoms with Crippen molar-refractivity contribution < 1.29 is 9.59 Å². The minimum Gasteiger partial charge on any atom is -0.343 e. The fraction of sp³-hybridized carbons (Fsp3) is 0.529. The van der Waals surface area contributed by atoms with Gasteiger partial charge in [-0.25, -0.2) is 0 Å². The molecule has 2 amide bonds. The molecule has 21 heavy (non-hydrogen) atoms. The van der Waals surface area contributed by atoms with Crippen molar-refractivity contribution in [3.63, 3.8) is 0 Å². The predicted octanol–water partition coefficient (Wildman–Crippen LogP) is 2.14. The summed E-state index contributed by atoms with van der Waals surface area (Å²) in [6.07, 6.45) is 3.49. The van der Waals surface area contributed by atoms with Gasteiger partial charge in [0.1, 0.15) is 0 Å². The first kappa shape index (κ1) is 14.1. The molecule has 112 valence electrons. The van der Waals surface area contributed by atoms with Crippen molar-refractivity contribution in [1.29, 1.82) is 0 Å². The van der Waals surface area contributed by atoms with Crippen LogP contribution in [0.2, 0.25) is 0 Å². The molecule has 0 saturated carbocycles. The molecule has 1 fully saturated rings. The fourth-order valence-corrected chi connectivity index (χ4v) is 3.51. The predicted molar refractivity (Wildman–Crippen MR) is 80.7 cm³/mol. The first-order valence-corrected chi connectivity index (χ1v) is 7.79. The molecule has 0 aliphatic carbocycles. The maximum Gasteiger partial charge on any atom is 0.224 e. The molecule has 2 aliphatic rings. The highest BCUT2D eigenvalue weighted by atomic mass is 16.2. The third kappa shape index (κ3) is 2.80. The number of benzene rings is 1. The zero-order valence-electron chi connectivity index (χ0n) is 12.5. The second-order valence-electron chi connectivity index (χ2n) is 5.97. The van der Waals surface area contributed by atoms with Crippen LogP contribution in [-0.4, -0.2) is 41.2 Å². The molecule has 0 N–H and O–H groups in total. The Balaban J connectivity index is 1.84. The highest BCUT2D eigenvalue weighted by Crippen LogP contribution is 2.33. The first-order valence-electron chi connectivity index (χ1n) is 7.79. The Labute approximate surface area is 125 Å². The quantitative estimate of drug-likeness (QED) is 0.836. The van der Waals surface area contributed by atoms with Crippen molar-refractivity contribution in [3.05, 3.63) is 35.4 Å². The molecule has 1 atom stereocenters. The number of amides is 2. The highest BCUT2D eigenvalue weighted by molar-refractivity contribution is 5.80. The third-order valence-electron chi connectivity index (χ3n) is 4.64. The van der Waals surface area contributed by atoms with Gasteiger partial charge in [0.05, 0.1) is 12.5 Å². The van der Waals surface area contributed by atoms with E-state index in [1.807, 2.05) is 21.9 Å². The van der Waals surface area contributed by atoms with Gasteiger partial charge in [-0.1, -0.05) is 24.3 Å². The Hall–Kier alpha value is -1.84. The summed E-state index contributed by atoms with van der Waals surface area (Å²) in [5, 5.41) is 0. The normalized spacial score (nSPS) is 21.3. The Morgan fingerprint density at radius 1 is 1.14 bits per heavy atom. The van der Waals surface area contributed by atoms with Crippen LogP contribution in [0.15, 0.2) is 24.3 Å². The minimum absolute atomic E-state index is 0.0590. The zero-order valence-corrected chi connectivity index (χ0v) is 12.5. The van der Waals surface area contributed by atoms with Crippen molar-refractivity contribution in [3.8, 4) is 0 Å². The lowest BCUT2D eigenvalue weighted by atomic mass is 9.90. The molecule has 1 saturated heterocycles. The fourth-order valence-electron chi connectivity index (χ4n) is 3.51. The summed E-state index contributed by atoms with van der Waals surface area (Å²) < 4.78 is 0. The molecule has 2 heterocycles. The summed E-state index contributed by atoms with van der Waals surface area (Å²) in [5.41, 5.74) is 2.42. The van der Waals surface area contributed by atoms with Crippen molar-refractivity contribution in [2.24, 2.45) is 0 Å². The van der Waals surface area contributed by atoms with E-state index in [1.54, 1.807) is 6.92 Å². The van der Waals surface area contributed by atoms with Crippen molar-refractivity contribution in [2.75, 3.05) is 19.6 Å². The lowest BCUT2D eigenvalue weighted by molar-refractivity contribution is -0.136. The molecule has 2 aliphatic heterocycles. The average Bonchev–Trinajstić information content (AvgIpc) is 3.01. The van der Waals surface area contributed by atoms with Gasteiger partial charge in [0, 0.05) is 26.6 Å². The maximum absolute atomic E-state index is 12.5. The topological polar surface area (TPSA) is 40.6 Å². The molecule has 4 nitrogen and oxygen atoms in total. The van der Waals surface area contributed by atoms with E-state index >= 15 is 0 Å². The van der Waals surface area contributed by atoms with Gasteiger partial charge < -0.3 is 9.80 Å². The van der Waals surface area contributed by atoms with Crippen LogP contribution in [0.25, 0.3) is 0 Å². The molecule has 0 spiro atoms. The molecular formula is C17H22N2O2. The molecule has 0 radical (unpaired) electrons. The molecular weight excluding hydrogens is 264 g/mol. The number of rotatable bonds is 2. The molecule has 4 heteroatoms. The Morgan fingerprint density at radius 2 is 1.86 bits per heavy atom. The Kier molecular flexibility index (Phi) is 3.95. The van der Waals surface area contributed by atoms with E-state index in [0.717, 1.165) is 37.9 Å². The maximum atomic E-state index is 12.5. The Bertz CT molecular complexity index is 549. The van der Waals surface area contributed by atoms with Gasteiger partial charge in [-0.05, 0) is 30.4 Å². The summed E-state index contributed by atoms with van der Waals surface area (Å²) in [6, 6.07) is 8.10. The lowest BCUT2D eigenvalue weighted by Crippen LogP contribution is -2.41. The minimum atomic E-state index is -0.0967. The van der Waals surface area contributed by atoms with E-state index in [-0.39, 0.29) is 17.9 Å². The zero-order chi connectivity index (χ0) is 14.8. The van der Waals surface area contributed by atoms with Gasteiger partial charge in [-0.2, -0.15) is 0 Å². The van der Waals surface area contributed by atoms with Gasteiger partial charge >= 0.3 is 0 Å². The van der Waals surface area contributed by atoms with E-state index < -0.39 is 0 Å². The molecule has 1 aromatic rings. The standard InChI is InChI=1S/C17H22N2O2/c1-13(20)19-11-8-14-6-2-3-7-15(14)16(19)12-17(21)18-9-4-5-10-18/h2-3,6-7,16H,4-5,8-12H2,1H3. The number of hydrogen-bond donors (Lipinski definition) is 0. The average molecular weight is 286 g/mol. The number of carbonyl (C=O) groups is 2. The van der Waals surface area contributed by atoms with E-state index in [0.29, 0.717) is 13.0 Å². The summed E-state index contributed by atoms with van der Waals surface area (Å²) >= 11 is 0. The number of nitrogens with zero attached hydrogens (tertiary/aromatic N) is 2. The molecule has 1 aromatic carbocycles. The number of hydrogen-bond acceptors (Lipinski definition) is 2. The monoisotopic (exact) mass is 286 g/mol. The lowest BCUT2D eigenvalue weighted by Gasteiger charge is -2.37. The van der Waals surface area contributed by atoms with Gasteiger partial charge in [-0.15, -0.1) is 0 Å². The summed E-state index contributed by atoms with van der Waals surface area (Å²) in [5.74, 6) is 0.240. The summed E-state index contributed by atoms with van der Waals surface area (Å²) in [4.78, 5) is 28.2. The molecule has 3 rings (SSSR count). The number of likely N-dealkylation sites (tertiary alicyclic amines) is 1. The molecule has 1 unspecified atom stereocenters. The summed E-state index contributed by atoms with van der Waals surface area (Å²) in [6.45, 7) is 4.05. The van der Waals surface area contributed by atoms with Crippen LogP contribution in [0.5, 0.6) is 0 Å². The molecule has 0 bridgehead atoms. The number of carbonyl (C=O) groups excluding carboxylic acids is 2. The van der Waals surface area contributed by atoms with Crippen molar-refractivity contribution in [2.45, 2.75) is 38.6 Å². The second-order valence-corrected chi connectivity index (χ2v) is 5.97. The van der Waals surface area contributed by atoms with Crippen LogP contribution in [0, 0.1) is 0 Å². The smallest absolute Gasteiger partial charge is 0.224 e. The summed E-state index contributed by atoms with van der Waals surface area (Å²) in [7, 11) is 0. The van der Waals surface area contributed by atoms with Crippen LogP contribution in [0.4, 0.5) is 0 Å². The van der Waals surface area contributed by atoms with Gasteiger partial charge in [0.15, 0.2) is 0 Å². The van der Waals surface area contributed by atoms with Gasteiger partial charge in [0.25, 0.3) is 0 Å². The first-order chi connectivity index (χ1) is 10.2. The molecule has 0 aromatic heterocycles. The van der Waals surface area contributed by atoms with Crippen molar-refractivity contribution in [1.82, 2.24) is 9.80 Å². The van der Waals surface area contributed by atoms with Crippen LogP contribution in [0.3, 0.4) is 0 Å². The van der Waals surface area contributed by atoms with Crippen LogP contribution in [0.1, 0.15) is 43.4 Å². The van der Waals surface area contributed by atoms with Gasteiger partial charge in [-0.3, -0.25) is 9.59 Å². The van der Waals surface area contributed by atoms with Crippen molar-refractivity contribution >= 4 is 11.8 Å². The van der Waals surface area contributed by atoms with E-state index in [2.05, 4.69) is 12.1 Å².